The number of nitrogens with zero attached hydrogens (tertiary/aromatic N) is 4. The highest BCUT2D eigenvalue weighted by Gasteiger charge is 2.17. The maximum atomic E-state index is 12.7. The van der Waals surface area contributed by atoms with Crippen molar-refractivity contribution in [2.24, 2.45) is 5.92 Å². The van der Waals surface area contributed by atoms with Crippen LogP contribution in [0.4, 0.5) is 0 Å². The smallest absolute Gasteiger partial charge is 0.241 e. The van der Waals surface area contributed by atoms with Crippen molar-refractivity contribution in [3.8, 4) is 22.5 Å². The van der Waals surface area contributed by atoms with Crippen molar-refractivity contribution in [1.29, 1.82) is 0 Å². The maximum Gasteiger partial charge on any atom is 0.241 e. The highest BCUT2D eigenvalue weighted by Crippen LogP contribution is 2.34. The molecule has 164 valence electrons. The highest BCUT2D eigenvalue weighted by molar-refractivity contribution is 5.97. The van der Waals surface area contributed by atoms with Crippen LogP contribution in [-0.4, -0.2) is 32.2 Å². The van der Waals surface area contributed by atoms with Gasteiger partial charge in [-0.3, -0.25) is 19.4 Å². The van der Waals surface area contributed by atoms with E-state index in [1.165, 1.54) is 0 Å². The van der Waals surface area contributed by atoms with E-state index < -0.39 is 0 Å². The third kappa shape index (κ3) is 4.60. The van der Waals surface area contributed by atoms with Crippen LogP contribution >= 0.6 is 0 Å². The number of carbonyl (C=O) groups is 1. The average molecular weight is 436 g/mol. The van der Waals surface area contributed by atoms with E-state index in [2.05, 4.69) is 46.5 Å². The number of rotatable bonds is 6. The van der Waals surface area contributed by atoms with Gasteiger partial charge < -0.3 is 5.32 Å². The third-order valence-electron chi connectivity index (χ3n) is 5.74. The second kappa shape index (κ2) is 9.20. The molecule has 6 nitrogen and oxygen atoms in total. The Labute approximate surface area is 192 Å². The molecule has 1 aliphatic carbocycles. The quantitative estimate of drug-likeness (QED) is 0.472. The Balaban J connectivity index is 1.45. The number of pyridine rings is 2. The van der Waals surface area contributed by atoms with Gasteiger partial charge in [0.05, 0.1) is 11.2 Å². The van der Waals surface area contributed by atoms with Crippen molar-refractivity contribution >= 4 is 16.8 Å². The standard InChI is InChI=1S/C27H25N5O/c1-19-7-6-8-20(15-19)16-30-26(33)18-32-17-23(27(31-32)25-11-4-5-13-28-25)21-12-14-29-24-10-3-2-9-22(21)24/h2-6,8-15,17,19H,7,16,18H2,1H3,(H,30,33). The first-order valence-corrected chi connectivity index (χ1v) is 11.1. The number of para-hydroxylation sites is 1. The molecule has 0 spiro atoms. The van der Waals surface area contributed by atoms with Crippen LogP contribution in [0.25, 0.3) is 33.4 Å². The lowest BCUT2D eigenvalue weighted by Gasteiger charge is -2.13. The molecule has 1 aliphatic rings. The van der Waals surface area contributed by atoms with Crippen LogP contribution in [0, 0.1) is 5.92 Å². The summed E-state index contributed by atoms with van der Waals surface area (Å²) in [5.74, 6) is 0.426. The van der Waals surface area contributed by atoms with E-state index in [1.54, 1.807) is 17.1 Å². The number of carbonyl (C=O) groups excluding carboxylic acids is 1. The first kappa shape index (κ1) is 20.8. The number of benzene rings is 1. The first-order valence-electron chi connectivity index (χ1n) is 11.1. The Hall–Kier alpha value is -4.06. The molecule has 1 unspecified atom stereocenters. The summed E-state index contributed by atoms with van der Waals surface area (Å²) in [6.45, 7) is 2.84. The van der Waals surface area contributed by atoms with Gasteiger partial charge in [-0.1, -0.05) is 49.4 Å². The van der Waals surface area contributed by atoms with E-state index in [-0.39, 0.29) is 12.5 Å². The zero-order valence-electron chi connectivity index (χ0n) is 18.5. The molecule has 33 heavy (non-hydrogen) atoms. The lowest BCUT2D eigenvalue weighted by atomic mass is 9.98. The Morgan fingerprint density at radius 2 is 1.94 bits per heavy atom. The van der Waals surface area contributed by atoms with Crippen LogP contribution in [0.15, 0.2) is 90.9 Å². The molecule has 1 amide bonds. The van der Waals surface area contributed by atoms with Crippen LogP contribution in [-0.2, 0) is 11.3 Å². The molecule has 5 rings (SSSR count). The fourth-order valence-electron chi connectivity index (χ4n) is 4.17. The number of hydrogen-bond acceptors (Lipinski definition) is 4. The van der Waals surface area contributed by atoms with Gasteiger partial charge in [-0.25, -0.2) is 0 Å². The van der Waals surface area contributed by atoms with Gasteiger partial charge in [0.2, 0.25) is 5.91 Å². The molecule has 1 aromatic carbocycles. The molecule has 1 atom stereocenters. The van der Waals surface area contributed by atoms with Crippen molar-refractivity contribution in [3.05, 3.63) is 90.9 Å². The topological polar surface area (TPSA) is 72.7 Å². The molecule has 6 heteroatoms. The number of aromatic nitrogens is 4. The van der Waals surface area contributed by atoms with Gasteiger partial charge in [-0.2, -0.15) is 5.10 Å². The molecule has 0 aliphatic heterocycles. The van der Waals surface area contributed by atoms with E-state index in [0.717, 1.165) is 45.4 Å². The van der Waals surface area contributed by atoms with Gasteiger partial charge in [0, 0.05) is 36.1 Å². The largest absolute Gasteiger partial charge is 0.350 e. The summed E-state index contributed by atoms with van der Waals surface area (Å²) in [6.07, 6.45) is 13.0. The normalized spacial score (nSPS) is 15.4. The summed E-state index contributed by atoms with van der Waals surface area (Å²) < 4.78 is 1.69. The van der Waals surface area contributed by atoms with Crippen molar-refractivity contribution in [1.82, 2.24) is 25.1 Å². The first-order chi connectivity index (χ1) is 16.2. The number of allylic oxidation sites excluding steroid dienone is 2. The van der Waals surface area contributed by atoms with Gasteiger partial charge in [-0.05, 0) is 47.7 Å². The molecule has 1 N–H and O–H groups in total. The van der Waals surface area contributed by atoms with E-state index in [0.29, 0.717) is 12.5 Å². The molecule has 3 aromatic heterocycles. The van der Waals surface area contributed by atoms with Crippen LogP contribution in [0.5, 0.6) is 0 Å². The summed E-state index contributed by atoms with van der Waals surface area (Å²) in [6, 6.07) is 15.8. The molecule has 0 saturated heterocycles. The Kier molecular flexibility index (Phi) is 5.81. The van der Waals surface area contributed by atoms with E-state index in [4.69, 9.17) is 5.10 Å². The van der Waals surface area contributed by atoms with Crippen LogP contribution in [0.2, 0.25) is 0 Å². The minimum atomic E-state index is -0.0799. The summed E-state index contributed by atoms with van der Waals surface area (Å²) in [5.41, 5.74) is 5.49. The molecule has 3 heterocycles. The van der Waals surface area contributed by atoms with E-state index >= 15 is 0 Å². The minimum Gasteiger partial charge on any atom is -0.350 e. The lowest BCUT2D eigenvalue weighted by molar-refractivity contribution is -0.121. The number of hydrogen-bond donors (Lipinski definition) is 1. The summed E-state index contributed by atoms with van der Waals surface area (Å²) in [5, 5.41) is 8.80. The predicted molar refractivity (Wildman–Crippen MR) is 130 cm³/mol. The zero-order valence-corrected chi connectivity index (χ0v) is 18.5. The van der Waals surface area contributed by atoms with Gasteiger partial charge in [-0.15, -0.1) is 0 Å². The third-order valence-corrected chi connectivity index (χ3v) is 5.74. The summed E-state index contributed by atoms with van der Waals surface area (Å²) >= 11 is 0. The van der Waals surface area contributed by atoms with Gasteiger partial charge in [0.25, 0.3) is 0 Å². The minimum absolute atomic E-state index is 0.0799. The number of fused-ring (bicyclic) bond motifs is 1. The second-order valence-electron chi connectivity index (χ2n) is 8.31. The van der Waals surface area contributed by atoms with Gasteiger partial charge >= 0.3 is 0 Å². The summed E-state index contributed by atoms with van der Waals surface area (Å²) in [4.78, 5) is 21.7. The highest BCUT2D eigenvalue weighted by atomic mass is 16.2. The predicted octanol–water partition coefficient (Wildman–Crippen LogP) is 4.80. The van der Waals surface area contributed by atoms with Crippen molar-refractivity contribution in [2.75, 3.05) is 6.54 Å². The second-order valence-corrected chi connectivity index (χ2v) is 8.31. The molecular formula is C27H25N5O. The van der Waals surface area contributed by atoms with Crippen LogP contribution in [0.3, 0.4) is 0 Å². The molecule has 0 fully saturated rings. The molecule has 0 bridgehead atoms. The number of amides is 1. The van der Waals surface area contributed by atoms with Gasteiger partial charge in [0.15, 0.2) is 0 Å². The Morgan fingerprint density at radius 1 is 1.06 bits per heavy atom. The zero-order chi connectivity index (χ0) is 22.6. The SMILES string of the molecule is CC1C=C(CNC(=O)Cn2cc(-c3ccnc4ccccc34)c(-c3ccccn3)n2)C=CC1. The average Bonchev–Trinajstić information content (AvgIpc) is 3.26. The summed E-state index contributed by atoms with van der Waals surface area (Å²) in [7, 11) is 0. The molecular weight excluding hydrogens is 410 g/mol. The van der Waals surface area contributed by atoms with Crippen molar-refractivity contribution in [2.45, 2.75) is 19.9 Å². The lowest BCUT2D eigenvalue weighted by Crippen LogP contribution is -2.29. The van der Waals surface area contributed by atoms with Crippen molar-refractivity contribution < 1.29 is 4.79 Å². The molecule has 0 radical (unpaired) electrons. The Bertz CT molecular complexity index is 1350. The molecule has 0 saturated carbocycles. The van der Waals surface area contributed by atoms with Crippen LogP contribution < -0.4 is 5.32 Å². The fourth-order valence-corrected chi connectivity index (χ4v) is 4.17. The monoisotopic (exact) mass is 435 g/mol. The van der Waals surface area contributed by atoms with Crippen LogP contribution in [0.1, 0.15) is 13.3 Å². The Morgan fingerprint density at radius 3 is 2.79 bits per heavy atom. The van der Waals surface area contributed by atoms with E-state index in [9.17, 15) is 4.79 Å². The van der Waals surface area contributed by atoms with Gasteiger partial charge in [0.1, 0.15) is 12.2 Å². The molecule has 4 aromatic rings. The fraction of sp³-hybridized carbons (Fsp3) is 0.185. The van der Waals surface area contributed by atoms with E-state index in [1.807, 2.05) is 48.7 Å². The maximum absolute atomic E-state index is 12.7. The number of nitrogens with one attached hydrogen (secondary N) is 1. The van der Waals surface area contributed by atoms with Crippen molar-refractivity contribution in [3.63, 3.8) is 0 Å².